The van der Waals surface area contributed by atoms with Crippen molar-refractivity contribution >= 4 is 44.8 Å². The molecule has 5 nitrogen and oxygen atoms in total. The molecule has 2 aromatic carbocycles. The molecular weight excluding hydrogens is 360 g/mol. The fourth-order valence-electron chi connectivity index (χ4n) is 1.79. The Kier molecular flexibility index (Phi) is 4.59. The van der Waals surface area contributed by atoms with Crippen LogP contribution in [0.25, 0.3) is 0 Å². The second-order valence-corrected chi connectivity index (χ2v) is 5.74. The Morgan fingerprint density at radius 2 is 2.00 bits per heavy atom. The van der Waals surface area contributed by atoms with Gasteiger partial charge in [-0.1, -0.05) is 33.6 Å². The number of hydrogen-bond donors (Lipinski definition) is 1. The summed E-state index contributed by atoms with van der Waals surface area (Å²) in [5.74, 6) is -0.466. The fraction of sp³-hybridized carbons (Fsp3) is 0.0714. The molecule has 0 aliphatic rings. The van der Waals surface area contributed by atoms with Crippen molar-refractivity contribution in [2.24, 2.45) is 0 Å². The summed E-state index contributed by atoms with van der Waals surface area (Å²) < 4.78 is 0.652. The standard InChI is InChI=1S/C14H10BrClN2O3/c1-8-2-3-13(18(20)21)12(4-8)17-14(19)9-5-10(15)7-11(16)6-9/h2-7H,1H3,(H,17,19). The van der Waals surface area contributed by atoms with Crippen molar-refractivity contribution in [1.82, 2.24) is 0 Å². The van der Waals surface area contributed by atoms with Gasteiger partial charge in [0.1, 0.15) is 5.69 Å². The molecule has 0 heterocycles. The second-order valence-electron chi connectivity index (χ2n) is 4.39. The molecule has 0 saturated carbocycles. The number of halogens is 2. The Bertz CT molecular complexity index is 714. The van der Waals surface area contributed by atoms with E-state index in [-0.39, 0.29) is 11.4 Å². The van der Waals surface area contributed by atoms with Gasteiger partial charge in [-0.15, -0.1) is 0 Å². The topological polar surface area (TPSA) is 72.2 Å². The number of nitro groups is 1. The van der Waals surface area contributed by atoms with E-state index in [1.807, 2.05) is 0 Å². The maximum Gasteiger partial charge on any atom is 0.292 e. The van der Waals surface area contributed by atoms with Gasteiger partial charge in [-0.25, -0.2) is 0 Å². The first-order chi connectivity index (χ1) is 9.86. The average Bonchev–Trinajstić information content (AvgIpc) is 2.37. The molecule has 1 amide bonds. The monoisotopic (exact) mass is 368 g/mol. The van der Waals surface area contributed by atoms with Crippen LogP contribution in [0.2, 0.25) is 5.02 Å². The van der Waals surface area contributed by atoms with E-state index in [4.69, 9.17) is 11.6 Å². The minimum atomic E-state index is -0.539. The van der Waals surface area contributed by atoms with E-state index in [1.165, 1.54) is 12.1 Å². The molecule has 7 heteroatoms. The molecule has 21 heavy (non-hydrogen) atoms. The molecule has 0 spiro atoms. The number of nitrogens with one attached hydrogen (secondary N) is 1. The second kappa shape index (κ2) is 6.24. The van der Waals surface area contributed by atoms with Crippen LogP contribution in [0.15, 0.2) is 40.9 Å². The van der Waals surface area contributed by atoms with Crippen molar-refractivity contribution < 1.29 is 9.72 Å². The first-order valence-electron chi connectivity index (χ1n) is 5.89. The zero-order chi connectivity index (χ0) is 15.6. The van der Waals surface area contributed by atoms with Gasteiger partial charge in [-0.05, 0) is 36.8 Å². The molecule has 0 atom stereocenters. The Labute approximate surface area is 134 Å². The predicted molar refractivity (Wildman–Crippen MR) is 84.9 cm³/mol. The third-order valence-corrected chi connectivity index (χ3v) is 3.40. The van der Waals surface area contributed by atoms with Gasteiger partial charge in [-0.2, -0.15) is 0 Å². The van der Waals surface area contributed by atoms with Crippen molar-refractivity contribution in [3.8, 4) is 0 Å². The maximum absolute atomic E-state index is 12.2. The number of nitro benzene ring substituents is 1. The molecule has 2 rings (SSSR count). The van der Waals surface area contributed by atoms with Crippen molar-refractivity contribution in [3.63, 3.8) is 0 Å². The van der Waals surface area contributed by atoms with Crippen LogP contribution < -0.4 is 5.32 Å². The number of carbonyl (C=O) groups is 1. The molecule has 0 fully saturated rings. The minimum Gasteiger partial charge on any atom is -0.316 e. The molecule has 0 aliphatic carbocycles. The molecule has 1 N–H and O–H groups in total. The van der Waals surface area contributed by atoms with E-state index in [2.05, 4.69) is 21.2 Å². The van der Waals surface area contributed by atoms with E-state index in [0.29, 0.717) is 15.1 Å². The number of anilines is 1. The molecule has 2 aromatic rings. The molecule has 0 bridgehead atoms. The molecule has 0 aliphatic heterocycles. The van der Waals surface area contributed by atoms with Crippen LogP contribution in [-0.2, 0) is 0 Å². The smallest absolute Gasteiger partial charge is 0.292 e. The van der Waals surface area contributed by atoms with Gasteiger partial charge in [0.25, 0.3) is 11.6 Å². The third kappa shape index (κ3) is 3.80. The van der Waals surface area contributed by atoms with Crippen LogP contribution in [0, 0.1) is 17.0 Å². The van der Waals surface area contributed by atoms with Gasteiger partial charge < -0.3 is 5.32 Å². The lowest BCUT2D eigenvalue weighted by atomic mass is 10.1. The Morgan fingerprint density at radius 3 is 2.62 bits per heavy atom. The summed E-state index contributed by atoms with van der Waals surface area (Å²) in [7, 11) is 0. The van der Waals surface area contributed by atoms with Crippen molar-refractivity contribution in [2.45, 2.75) is 6.92 Å². The zero-order valence-corrected chi connectivity index (χ0v) is 13.2. The summed E-state index contributed by atoms with van der Waals surface area (Å²) >= 11 is 9.13. The molecule has 108 valence electrons. The van der Waals surface area contributed by atoms with Crippen molar-refractivity contribution in [2.75, 3.05) is 5.32 Å². The third-order valence-electron chi connectivity index (χ3n) is 2.72. The van der Waals surface area contributed by atoms with E-state index in [0.717, 1.165) is 5.56 Å². The van der Waals surface area contributed by atoms with Crippen LogP contribution in [0.4, 0.5) is 11.4 Å². The molecule has 0 radical (unpaired) electrons. The number of nitrogens with zero attached hydrogens (tertiary/aromatic N) is 1. The lowest BCUT2D eigenvalue weighted by Gasteiger charge is -2.08. The van der Waals surface area contributed by atoms with Crippen LogP contribution in [0.3, 0.4) is 0 Å². The van der Waals surface area contributed by atoms with Gasteiger partial charge >= 0.3 is 0 Å². The van der Waals surface area contributed by atoms with E-state index < -0.39 is 10.8 Å². The highest BCUT2D eigenvalue weighted by molar-refractivity contribution is 9.10. The van der Waals surface area contributed by atoms with Gasteiger partial charge in [0.05, 0.1) is 4.92 Å². The van der Waals surface area contributed by atoms with Crippen LogP contribution >= 0.6 is 27.5 Å². The van der Waals surface area contributed by atoms with Crippen molar-refractivity contribution in [1.29, 1.82) is 0 Å². The van der Waals surface area contributed by atoms with Crippen LogP contribution in [0.1, 0.15) is 15.9 Å². The predicted octanol–water partition coefficient (Wildman–Crippen LogP) is 4.57. The van der Waals surface area contributed by atoms with Gasteiger partial charge in [0, 0.05) is 21.1 Å². The highest BCUT2D eigenvalue weighted by atomic mass is 79.9. The number of hydrogen-bond acceptors (Lipinski definition) is 3. The van der Waals surface area contributed by atoms with Gasteiger partial charge in [-0.3, -0.25) is 14.9 Å². The lowest BCUT2D eigenvalue weighted by Crippen LogP contribution is -2.13. The highest BCUT2D eigenvalue weighted by Gasteiger charge is 2.17. The first kappa shape index (κ1) is 15.5. The number of carbonyl (C=O) groups excluding carboxylic acids is 1. The number of amides is 1. The summed E-state index contributed by atoms with van der Waals surface area (Å²) in [4.78, 5) is 22.6. The molecular formula is C14H10BrClN2O3. The highest BCUT2D eigenvalue weighted by Crippen LogP contribution is 2.26. The first-order valence-corrected chi connectivity index (χ1v) is 7.06. The fourth-order valence-corrected chi connectivity index (χ4v) is 2.65. The summed E-state index contributed by atoms with van der Waals surface area (Å²) in [6.45, 7) is 1.79. The maximum atomic E-state index is 12.2. The van der Waals surface area contributed by atoms with Gasteiger partial charge in [0.15, 0.2) is 0 Å². The summed E-state index contributed by atoms with van der Waals surface area (Å²) in [6.07, 6.45) is 0. The van der Waals surface area contributed by atoms with Crippen molar-refractivity contribution in [3.05, 3.63) is 67.1 Å². The quantitative estimate of drug-likeness (QED) is 0.636. The average molecular weight is 370 g/mol. The lowest BCUT2D eigenvalue weighted by molar-refractivity contribution is -0.383. The zero-order valence-electron chi connectivity index (χ0n) is 10.9. The summed E-state index contributed by atoms with van der Waals surface area (Å²) in [6, 6.07) is 9.25. The Hall–Kier alpha value is -1.92. The van der Waals surface area contributed by atoms with E-state index in [9.17, 15) is 14.9 Å². The summed E-state index contributed by atoms with van der Waals surface area (Å²) in [5, 5.41) is 13.9. The van der Waals surface area contributed by atoms with E-state index in [1.54, 1.807) is 31.2 Å². The van der Waals surface area contributed by atoms with Crippen LogP contribution in [-0.4, -0.2) is 10.8 Å². The van der Waals surface area contributed by atoms with E-state index >= 15 is 0 Å². The van der Waals surface area contributed by atoms with Crippen LogP contribution in [0.5, 0.6) is 0 Å². The number of benzene rings is 2. The number of aryl methyl sites for hydroxylation is 1. The Morgan fingerprint density at radius 1 is 1.29 bits per heavy atom. The normalized spacial score (nSPS) is 10.2. The van der Waals surface area contributed by atoms with Gasteiger partial charge in [0.2, 0.25) is 0 Å². The summed E-state index contributed by atoms with van der Waals surface area (Å²) in [5.41, 5.74) is 1.12. The molecule has 0 aromatic heterocycles. The Balaban J connectivity index is 2.35. The number of rotatable bonds is 3. The largest absolute Gasteiger partial charge is 0.316 e. The SMILES string of the molecule is Cc1ccc([N+](=O)[O-])c(NC(=O)c2cc(Cl)cc(Br)c2)c1. The molecule has 0 saturated heterocycles. The molecule has 0 unspecified atom stereocenters. The minimum absolute atomic E-state index is 0.154.